The number of hydrogen-bond acceptors (Lipinski definition) is 7. The van der Waals surface area contributed by atoms with Crippen molar-refractivity contribution in [2.24, 2.45) is 0 Å². The minimum Gasteiger partial charge on any atom is -0.357 e. The SMILES string of the molecule is CCSCCC(C)Nc1nc(NC)nc(-n2cccn2)n1. The van der Waals surface area contributed by atoms with Gasteiger partial charge in [-0.15, -0.1) is 0 Å². The predicted molar refractivity (Wildman–Crippen MR) is 87.2 cm³/mol. The average Bonchev–Trinajstić information content (AvgIpc) is 3.01. The van der Waals surface area contributed by atoms with E-state index in [0.29, 0.717) is 23.9 Å². The molecule has 0 radical (unpaired) electrons. The van der Waals surface area contributed by atoms with Crippen LogP contribution < -0.4 is 10.6 Å². The predicted octanol–water partition coefficient (Wildman–Crippen LogP) is 2.04. The van der Waals surface area contributed by atoms with Crippen molar-refractivity contribution in [2.75, 3.05) is 29.2 Å². The van der Waals surface area contributed by atoms with Crippen LogP contribution in [0.3, 0.4) is 0 Å². The van der Waals surface area contributed by atoms with Crippen molar-refractivity contribution in [2.45, 2.75) is 26.3 Å². The van der Waals surface area contributed by atoms with Crippen LogP contribution in [0.5, 0.6) is 0 Å². The molecule has 2 N–H and O–H groups in total. The van der Waals surface area contributed by atoms with Gasteiger partial charge in [-0.2, -0.15) is 31.8 Å². The van der Waals surface area contributed by atoms with Crippen molar-refractivity contribution in [1.29, 1.82) is 0 Å². The number of rotatable bonds is 8. The summed E-state index contributed by atoms with van der Waals surface area (Å²) < 4.78 is 1.62. The van der Waals surface area contributed by atoms with Crippen LogP contribution in [0.2, 0.25) is 0 Å². The molecule has 21 heavy (non-hydrogen) atoms. The van der Waals surface area contributed by atoms with Crippen LogP contribution in [-0.4, -0.2) is 49.3 Å². The van der Waals surface area contributed by atoms with Crippen molar-refractivity contribution in [1.82, 2.24) is 24.7 Å². The van der Waals surface area contributed by atoms with Crippen molar-refractivity contribution in [3.8, 4) is 5.95 Å². The molecule has 2 heterocycles. The third kappa shape index (κ3) is 4.59. The third-order valence-electron chi connectivity index (χ3n) is 2.83. The quantitative estimate of drug-likeness (QED) is 0.722. The molecule has 2 rings (SSSR count). The summed E-state index contributed by atoms with van der Waals surface area (Å²) in [5, 5.41) is 10.4. The van der Waals surface area contributed by atoms with E-state index in [1.165, 1.54) is 0 Å². The van der Waals surface area contributed by atoms with Gasteiger partial charge in [-0.25, -0.2) is 4.68 Å². The Morgan fingerprint density at radius 2 is 2.10 bits per heavy atom. The van der Waals surface area contributed by atoms with Gasteiger partial charge in [0.15, 0.2) is 0 Å². The Morgan fingerprint density at radius 3 is 2.76 bits per heavy atom. The molecule has 0 amide bonds. The van der Waals surface area contributed by atoms with Crippen LogP contribution in [0.25, 0.3) is 5.95 Å². The van der Waals surface area contributed by atoms with E-state index in [1.54, 1.807) is 24.1 Å². The molecule has 0 spiro atoms. The molecular weight excluding hydrogens is 286 g/mol. The van der Waals surface area contributed by atoms with Gasteiger partial charge in [0, 0.05) is 25.5 Å². The maximum absolute atomic E-state index is 4.41. The van der Waals surface area contributed by atoms with Crippen LogP contribution in [0.4, 0.5) is 11.9 Å². The summed E-state index contributed by atoms with van der Waals surface area (Å²) in [5.74, 6) is 3.85. The first-order valence-electron chi connectivity index (χ1n) is 7.01. The van der Waals surface area contributed by atoms with Gasteiger partial charge in [0.1, 0.15) is 0 Å². The van der Waals surface area contributed by atoms with Gasteiger partial charge in [0.25, 0.3) is 5.95 Å². The fraction of sp³-hybridized carbons (Fsp3) is 0.538. The maximum atomic E-state index is 4.41. The van der Waals surface area contributed by atoms with E-state index in [9.17, 15) is 0 Å². The topological polar surface area (TPSA) is 80.5 Å². The molecule has 0 fully saturated rings. The number of anilines is 2. The number of nitrogens with one attached hydrogen (secondary N) is 2. The van der Waals surface area contributed by atoms with Crippen molar-refractivity contribution >= 4 is 23.7 Å². The van der Waals surface area contributed by atoms with Gasteiger partial charge in [0.2, 0.25) is 11.9 Å². The highest BCUT2D eigenvalue weighted by molar-refractivity contribution is 7.99. The maximum Gasteiger partial charge on any atom is 0.257 e. The van der Waals surface area contributed by atoms with Gasteiger partial charge in [-0.3, -0.25) is 0 Å². The van der Waals surface area contributed by atoms with Crippen molar-refractivity contribution < 1.29 is 0 Å². The minimum absolute atomic E-state index is 0.307. The van der Waals surface area contributed by atoms with Gasteiger partial charge >= 0.3 is 0 Å². The number of nitrogens with zero attached hydrogens (tertiary/aromatic N) is 5. The van der Waals surface area contributed by atoms with Crippen LogP contribution in [0, 0.1) is 0 Å². The summed E-state index contributed by atoms with van der Waals surface area (Å²) in [5.41, 5.74) is 0. The van der Waals surface area contributed by atoms with Crippen LogP contribution >= 0.6 is 11.8 Å². The van der Waals surface area contributed by atoms with Gasteiger partial charge in [-0.1, -0.05) is 6.92 Å². The zero-order valence-electron chi connectivity index (χ0n) is 12.6. The second kappa shape index (κ2) is 7.82. The van der Waals surface area contributed by atoms with Crippen molar-refractivity contribution in [3.63, 3.8) is 0 Å². The highest BCUT2D eigenvalue weighted by Crippen LogP contribution is 2.11. The highest BCUT2D eigenvalue weighted by atomic mass is 32.2. The molecule has 0 aromatic carbocycles. The number of thioether (sulfide) groups is 1. The molecule has 0 saturated carbocycles. The lowest BCUT2D eigenvalue weighted by Gasteiger charge is -2.14. The zero-order valence-corrected chi connectivity index (χ0v) is 13.4. The zero-order chi connectivity index (χ0) is 15.1. The largest absolute Gasteiger partial charge is 0.357 e. The van der Waals surface area contributed by atoms with E-state index >= 15 is 0 Å². The van der Waals surface area contributed by atoms with E-state index in [-0.39, 0.29) is 0 Å². The molecule has 0 aliphatic carbocycles. The Morgan fingerprint density at radius 1 is 1.29 bits per heavy atom. The Kier molecular flexibility index (Phi) is 5.79. The smallest absolute Gasteiger partial charge is 0.257 e. The summed E-state index contributed by atoms with van der Waals surface area (Å²) in [7, 11) is 1.79. The summed E-state index contributed by atoms with van der Waals surface area (Å²) in [6.45, 7) is 4.30. The molecule has 114 valence electrons. The Balaban J connectivity index is 2.10. The van der Waals surface area contributed by atoms with E-state index in [4.69, 9.17) is 0 Å². The highest BCUT2D eigenvalue weighted by Gasteiger charge is 2.10. The first kappa shape index (κ1) is 15.6. The fourth-order valence-corrected chi connectivity index (χ4v) is 2.54. The second-order valence-electron chi connectivity index (χ2n) is 4.51. The molecule has 2 aromatic rings. The van der Waals surface area contributed by atoms with Gasteiger partial charge < -0.3 is 10.6 Å². The van der Waals surface area contributed by atoms with Crippen LogP contribution in [0.15, 0.2) is 18.5 Å². The molecule has 1 unspecified atom stereocenters. The number of aromatic nitrogens is 5. The number of hydrogen-bond donors (Lipinski definition) is 2. The lowest BCUT2D eigenvalue weighted by atomic mass is 10.3. The summed E-state index contributed by atoms with van der Waals surface area (Å²) in [6.07, 6.45) is 4.57. The molecular formula is C13H21N7S. The van der Waals surface area contributed by atoms with E-state index in [2.05, 4.69) is 44.5 Å². The van der Waals surface area contributed by atoms with Crippen molar-refractivity contribution in [3.05, 3.63) is 18.5 Å². The Bertz CT molecular complexity index is 543. The summed E-state index contributed by atoms with van der Waals surface area (Å²) >= 11 is 1.94. The standard InChI is InChI=1S/C13H21N7S/c1-4-21-9-6-10(2)16-12-17-11(14-3)18-13(19-12)20-8-5-7-15-20/h5,7-8,10H,4,6,9H2,1-3H3,(H2,14,16,17,18,19). The molecule has 1 atom stereocenters. The molecule has 8 heteroatoms. The van der Waals surface area contributed by atoms with Crippen LogP contribution in [-0.2, 0) is 0 Å². The van der Waals surface area contributed by atoms with Gasteiger partial charge in [0.05, 0.1) is 0 Å². The van der Waals surface area contributed by atoms with Crippen LogP contribution in [0.1, 0.15) is 20.3 Å². The summed E-state index contributed by atoms with van der Waals surface area (Å²) in [4.78, 5) is 13.1. The van der Waals surface area contributed by atoms with Gasteiger partial charge in [-0.05, 0) is 30.9 Å². The Hall–Kier alpha value is -1.83. The fourth-order valence-electron chi connectivity index (χ4n) is 1.73. The first-order chi connectivity index (χ1) is 10.2. The lowest BCUT2D eigenvalue weighted by Crippen LogP contribution is -2.19. The summed E-state index contributed by atoms with van der Waals surface area (Å²) in [6, 6.07) is 2.14. The monoisotopic (exact) mass is 307 g/mol. The van der Waals surface area contributed by atoms with E-state index in [1.807, 2.05) is 17.8 Å². The molecule has 0 aliphatic rings. The lowest BCUT2D eigenvalue weighted by molar-refractivity contribution is 0.746. The average molecular weight is 307 g/mol. The second-order valence-corrected chi connectivity index (χ2v) is 5.91. The molecule has 2 aromatic heterocycles. The first-order valence-corrected chi connectivity index (χ1v) is 8.16. The third-order valence-corrected chi connectivity index (χ3v) is 3.76. The molecule has 0 bridgehead atoms. The van der Waals surface area contributed by atoms with E-state index < -0.39 is 0 Å². The normalized spacial score (nSPS) is 12.1. The molecule has 0 saturated heterocycles. The van der Waals surface area contributed by atoms with E-state index in [0.717, 1.165) is 17.9 Å². The minimum atomic E-state index is 0.307. The molecule has 7 nitrogen and oxygen atoms in total. The Labute approximate surface area is 129 Å². The molecule has 0 aliphatic heterocycles.